The maximum absolute atomic E-state index is 13.1. The summed E-state index contributed by atoms with van der Waals surface area (Å²) in [5.41, 5.74) is 3.27. The van der Waals surface area contributed by atoms with E-state index in [9.17, 15) is 14.4 Å². The molecule has 7 heteroatoms. The lowest BCUT2D eigenvalue weighted by Gasteiger charge is -2.25. The molecule has 0 aliphatic carbocycles. The second-order valence-corrected chi connectivity index (χ2v) is 8.80. The Labute approximate surface area is 189 Å². The van der Waals surface area contributed by atoms with Crippen LogP contribution in [0.25, 0.3) is 0 Å². The van der Waals surface area contributed by atoms with Crippen molar-refractivity contribution in [2.75, 3.05) is 5.32 Å². The van der Waals surface area contributed by atoms with Crippen LogP contribution < -0.4 is 10.6 Å². The number of rotatable bonds is 7. The fraction of sp³-hybridized carbons (Fsp3) is 0.400. The molecule has 0 saturated carbocycles. The molecule has 3 amide bonds. The zero-order chi connectivity index (χ0) is 23.4. The van der Waals surface area contributed by atoms with E-state index in [0.29, 0.717) is 11.3 Å². The zero-order valence-electron chi connectivity index (χ0n) is 19.2. The van der Waals surface area contributed by atoms with E-state index >= 15 is 0 Å². The maximum atomic E-state index is 13.1. The number of benzene rings is 2. The third kappa shape index (κ3) is 5.46. The van der Waals surface area contributed by atoms with E-state index in [2.05, 4.69) is 10.6 Å². The monoisotopic (exact) mass is 437 g/mol. The first-order valence-electron chi connectivity index (χ1n) is 10.9. The van der Waals surface area contributed by atoms with Gasteiger partial charge >= 0.3 is 6.09 Å². The molecule has 0 radical (unpaired) electrons. The number of carbonyl (C=O) groups is 3. The predicted octanol–water partition coefficient (Wildman–Crippen LogP) is 4.18. The first kappa shape index (κ1) is 23.3. The number of carbonyl (C=O) groups excluding carboxylic acids is 3. The van der Waals surface area contributed by atoms with Crippen LogP contribution in [0.5, 0.6) is 0 Å². The summed E-state index contributed by atoms with van der Waals surface area (Å²) in [5.74, 6) is -0.558. The van der Waals surface area contributed by atoms with Gasteiger partial charge in [-0.3, -0.25) is 14.5 Å². The lowest BCUT2D eigenvalue weighted by atomic mass is 9.99. The molecule has 1 aliphatic heterocycles. The highest BCUT2D eigenvalue weighted by molar-refractivity contribution is 5.92. The lowest BCUT2D eigenvalue weighted by Crippen LogP contribution is -2.48. The number of anilines is 1. The smallest absolute Gasteiger partial charge is 0.411 e. The number of hydrogen-bond donors (Lipinski definition) is 2. The molecule has 7 nitrogen and oxygen atoms in total. The summed E-state index contributed by atoms with van der Waals surface area (Å²) in [4.78, 5) is 39.5. The topological polar surface area (TPSA) is 87.7 Å². The van der Waals surface area contributed by atoms with Gasteiger partial charge in [-0.2, -0.15) is 0 Å². The third-order valence-electron chi connectivity index (χ3n) is 5.27. The molecule has 1 heterocycles. The Morgan fingerprint density at radius 1 is 1.06 bits per heavy atom. The van der Waals surface area contributed by atoms with Gasteiger partial charge in [0, 0.05) is 17.6 Å². The molecule has 1 aliphatic rings. The van der Waals surface area contributed by atoms with Crippen LogP contribution in [0.2, 0.25) is 0 Å². The van der Waals surface area contributed by atoms with Crippen LogP contribution in [-0.2, 0) is 20.9 Å². The van der Waals surface area contributed by atoms with Crippen LogP contribution in [0, 0.1) is 12.8 Å². The van der Waals surface area contributed by atoms with Gasteiger partial charge in [-0.15, -0.1) is 0 Å². The van der Waals surface area contributed by atoms with E-state index < -0.39 is 18.2 Å². The number of cyclic esters (lactones) is 1. The molecule has 170 valence electrons. The summed E-state index contributed by atoms with van der Waals surface area (Å²) in [7, 11) is 0. The SMILES string of the molecule is Cc1ccc(CN2C(=O)O[C@H](c3cccc(NC(=O)C(C)C)c3)[C@H]2C(=O)NC(C)C)cc1. The average Bonchev–Trinajstić information content (AvgIpc) is 3.05. The van der Waals surface area contributed by atoms with E-state index in [-0.39, 0.29) is 30.3 Å². The van der Waals surface area contributed by atoms with Crippen molar-refractivity contribution in [3.05, 3.63) is 65.2 Å². The van der Waals surface area contributed by atoms with Crippen molar-refractivity contribution in [1.82, 2.24) is 10.2 Å². The van der Waals surface area contributed by atoms with Crippen LogP contribution >= 0.6 is 0 Å². The molecule has 2 aromatic carbocycles. The third-order valence-corrected chi connectivity index (χ3v) is 5.27. The maximum Gasteiger partial charge on any atom is 0.411 e. The van der Waals surface area contributed by atoms with Gasteiger partial charge in [0.2, 0.25) is 11.8 Å². The second kappa shape index (κ2) is 9.85. The second-order valence-electron chi connectivity index (χ2n) is 8.80. The number of amides is 3. The zero-order valence-corrected chi connectivity index (χ0v) is 19.2. The Morgan fingerprint density at radius 3 is 2.38 bits per heavy atom. The van der Waals surface area contributed by atoms with Gasteiger partial charge in [-0.1, -0.05) is 55.8 Å². The van der Waals surface area contributed by atoms with Crippen molar-refractivity contribution in [2.45, 2.75) is 59.4 Å². The normalized spacial score (nSPS) is 18.1. The molecule has 0 bridgehead atoms. The molecule has 2 atom stereocenters. The van der Waals surface area contributed by atoms with Crippen LogP contribution in [0.4, 0.5) is 10.5 Å². The molecule has 1 fully saturated rings. The molecule has 3 rings (SSSR count). The quantitative estimate of drug-likeness (QED) is 0.680. The van der Waals surface area contributed by atoms with Gasteiger partial charge in [-0.25, -0.2) is 4.79 Å². The Balaban J connectivity index is 1.91. The number of aryl methyl sites for hydroxylation is 1. The minimum absolute atomic E-state index is 0.0864. The highest BCUT2D eigenvalue weighted by Crippen LogP contribution is 2.35. The summed E-state index contributed by atoms with van der Waals surface area (Å²) in [6.45, 7) is 9.62. The van der Waals surface area contributed by atoms with Crippen molar-refractivity contribution < 1.29 is 19.1 Å². The highest BCUT2D eigenvalue weighted by Gasteiger charge is 2.47. The predicted molar refractivity (Wildman–Crippen MR) is 123 cm³/mol. The van der Waals surface area contributed by atoms with Crippen molar-refractivity contribution >= 4 is 23.6 Å². The van der Waals surface area contributed by atoms with Crippen molar-refractivity contribution in [1.29, 1.82) is 0 Å². The van der Waals surface area contributed by atoms with Gasteiger partial charge in [0.15, 0.2) is 12.1 Å². The summed E-state index contributed by atoms with van der Waals surface area (Å²) in [5, 5.41) is 5.76. The minimum atomic E-state index is -0.831. The van der Waals surface area contributed by atoms with E-state index in [1.807, 2.05) is 58.9 Å². The number of ether oxygens (including phenoxy) is 1. The van der Waals surface area contributed by atoms with Gasteiger partial charge in [0.1, 0.15) is 0 Å². The van der Waals surface area contributed by atoms with Crippen LogP contribution in [0.15, 0.2) is 48.5 Å². The first-order chi connectivity index (χ1) is 15.2. The minimum Gasteiger partial charge on any atom is -0.438 e. The number of hydrogen-bond acceptors (Lipinski definition) is 4. The van der Waals surface area contributed by atoms with Gasteiger partial charge in [-0.05, 0) is 44.0 Å². The first-order valence-corrected chi connectivity index (χ1v) is 10.9. The fourth-order valence-corrected chi connectivity index (χ4v) is 3.55. The largest absolute Gasteiger partial charge is 0.438 e. The standard InChI is InChI=1S/C25H31N3O4/c1-15(2)23(29)27-20-8-6-7-19(13-20)22-21(24(30)26-16(3)4)28(25(31)32-22)14-18-11-9-17(5)10-12-18/h6-13,15-16,21-22H,14H2,1-5H3,(H,26,30)(H,27,29)/t21-,22+/m0/s1. The summed E-state index contributed by atoms with van der Waals surface area (Å²) in [6, 6.07) is 14.0. The molecule has 2 aromatic rings. The van der Waals surface area contributed by atoms with Crippen LogP contribution in [-0.4, -0.2) is 34.9 Å². The van der Waals surface area contributed by atoms with Gasteiger partial charge in [0.05, 0.1) is 6.54 Å². The van der Waals surface area contributed by atoms with E-state index in [4.69, 9.17) is 4.74 Å². The van der Waals surface area contributed by atoms with E-state index in [1.54, 1.807) is 24.3 Å². The molecule has 1 saturated heterocycles. The highest BCUT2D eigenvalue weighted by atomic mass is 16.6. The van der Waals surface area contributed by atoms with E-state index in [1.165, 1.54) is 4.90 Å². The van der Waals surface area contributed by atoms with Gasteiger partial charge < -0.3 is 15.4 Å². The molecule has 32 heavy (non-hydrogen) atoms. The molecule has 0 spiro atoms. The Hall–Kier alpha value is -3.35. The average molecular weight is 438 g/mol. The van der Waals surface area contributed by atoms with Crippen LogP contribution in [0.1, 0.15) is 50.5 Å². The summed E-state index contributed by atoms with van der Waals surface area (Å²) < 4.78 is 5.69. The molecule has 2 N–H and O–H groups in total. The number of nitrogens with one attached hydrogen (secondary N) is 2. The molecular weight excluding hydrogens is 406 g/mol. The summed E-state index contributed by atoms with van der Waals surface area (Å²) in [6.07, 6.45) is -1.33. The fourth-order valence-electron chi connectivity index (χ4n) is 3.55. The Bertz CT molecular complexity index is 985. The molecule has 0 unspecified atom stereocenters. The number of nitrogens with zero attached hydrogens (tertiary/aromatic N) is 1. The Kier molecular flexibility index (Phi) is 7.18. The van der Waals surface area contributed by atoms with Crippen LogP contribution in [0.3, 0.4) is 0 Å². The van der Waals surface area contributed by atoms with E-state index in [0.717, 1.165) is 11.1 Å². The molecular formula is C25H31N3O4. The summed E-state index contributed by atoms with van der Waals surface area (Å²) >= 11 is 0. The Morgan fingerprint density at radius 2 is 1.75 bits per heavy atom. The van der Waals surface area contributed by atoms with Gasteiger partial charge in [0.25, 0.3) is 0 Å². The van der Waals surface area contributed by atoms with Crippen molar-refractivity contribution in [3.63, 3.8) is 0 Å². The van der Waals surface area contributed by atoms with Crippen molar-refractivity contribution in [2.24, 2.45) is 5.92 Å². The van der Waals surface area contributed by atoms with Crippen molar-refractivity contribution in [3.8, 4) is 0 Å². The molecule has 0 aromatic heterocycles. The lowest BCUT2D eigenvalue weighted by molar-refractivity contribution is -0.127.